The number of aromatic nitrogens is 1. The molecule has 18 heavy (non-hydrogen) atoms. The molecule has 2 heterocycles. The molecule has 0 spiro atoms. The molecule has 0 radical (unpaired) electrons. The second-order valence-corrected chi connectivity index (χ2v) is 4.87. The van der Waals surface area contributed by atoms with Crippen LogP contribution in [0.25, 0.3) is 0 Å². The van der Waals surface area contributed by atoms with Crippen LogP contribution in [-0.2, 0) is 6.42 Å². The van der Waals surface area contributed by atoms with E-state index < -0.39 is 0 Å². The van der Waals surface area contributed by atoms with Crippen LogP contribution in [0.1, 0.15) is 17.0 Å². The van der Waals surface area contributed by atoms with Gasteiger partial charge in [0.15, 0.2) is 0 Å². The van der Waals surface area contributed by atoms with Crippen LogP contribution in [-0.4, -0.2) is 17.3 Å². The molecule has 1 aromatic carbocycles. The number of hydrogen-bond acceptors (Lipinski definition) is 2. The summed E-state index contributed by atoms with van der Waals surface area (Å²) >= 11 is 0. The monoisotopic (exact) mass is 242 g/mol. The number of para-hydroxylation sites is 1. The highest BCUT2D eigenvalue weighted by Crippen LogP contribution is 2.27. The van der Waals surface area contributed by atoms with E-state index in [0.29, 0.717) is 0 Å². The SMILES string of the molecule is Cc1ccc(C)n1NCC1Cc2ccccc2O1. The van der Waals surface area contributed by atoms with E-state index >= 15 is 0 Å². The smallest absolute Gasteiger partial charge is 0.123 e. The number of fused-ring (bicyclic) bond motifs is 1. The maximum absolute atomic E-state index is 5.91. The fraction of sp³-hybridized carbons (Fsp3) is 0.333. The number of nitrogens with zero attached hydrogens (tertiary/aromatic N) is 1. The lowest BCUT2D eigenvalue weighted by atomic mass is 10.1. The van der Waals surface area contributed by atoms with Gasteiger partial charge in [0.1, 0.15) is 11.9 Å². The minimum absolute atomic E-state index is 0.226. The van der Waals surface area contributed by atoms with Crippen LogP contribution < -0.4 is 10.2 Å². The maximum atomic E-state index is 5.91. The number of benzene rings is 1. The average molecular weight is 242 g/mol. The van der Waals surface area contributed by atoms with Gasteiger partial charge in [-0.3, -0.25) is 4.68 Å². The first-order valence-electron chi connectivity index (χ1n) is 6.37. The molecule has 0 amide bonds. The number of hydrogen-bond donors (Lipinski definition) is 1. The van der Waals surface area contributed by atoms with Gasteiger partial charge in [0.25, 0.3) is 0 Å². The third-order valence-electron chi connectivity index (χ3n) is 3.46. The van der Waals surface area contributed by atoms with Crippen molar-refractivity contribution in [2.75, 3.05) is 12.0 Å². The minimum atomic E-state index is 0.226. The zero-order chi connectivity index (χ0) is 12.5. The first kappa shape index (κ1) is 11.2. The molecule has 1 aliphatic rings. The van der Waals surface area contributed by atoms with E-state index in [2.05, 4.69) is 48.2 Å². The number of nitrogens with one attached hydrogen (secondary N) is 1. The number of rotatable bonds is 3. The van der Waals surface area contributed by atoms with E-state index in [0.717, 1.165) is 18.7 Å². The first-order chi connectivity index (χ1) is 8.74. The lowest BCUT2D eigenvalue weighted by molar-refractivity contribution is 0.242. The van der Waals surface area contributed by atoms with Gasteiger partial charge in [0, 0.05) is 17.8 Å². The Morgan fingerprint density at radius 1 is 1.17 bits per heavy atom. The van der Waals surface area contributed by atoms with Crippen LogP contribution in [0.5, 0.6) is 5.75 Å². The van der Waals surface area contributed by atoms with Gasteiger partial charge < -0.3 is 10.2 Å². The van der Waals surface area contributed by atoms with Crippen molar-refractivity contribution in [2.24, 2.45) is 0 Å². The molecule has 0 bridgehead atoms. The molecule has 0 saturated heterocycles. The van der Waals surface area contributed by atoms with Gasteiger partial charge in [-0.15, -0.1) is 0 Å². The van der Waals surface area contributed by atoms with Gasteiger partial charge in [0.2, 0.25) is 0 Å². The summed E-state index contributed by atoms with van der Waals surface area (Å²) in [6.45, 7) is 5.03. The van der Waals surface area contributed by atoms with Crippen LogP contribution >= 0.6 is 0 Å². The van der Waals surface area contributed by atoms with Gasteiger partial charge in [0.05, 0.1) is 6.54 Å². The zero-order valence-corrected chi connectivity index (χ0v) is 10.8. The fourth-order valence-electron chi connectivity index (χ4n) is 2.48. The van der Waals surface area contributed by atoms with Gasteiger partial charge in [-0.1, -0.05) is 18.2 Å². The molecular formula is C15H18N2O. The van der Waals surface area contributed by atoms with Crippen molar-refractivity contribution in [1.29, 1.82) is 0 Å². The highest BCUT2D eigenvalue weighted by molar-refractivity contribution is 5.37. The summed E-state index contributed by atoms with van der Waals surface area (Å²) in [5.74, 6) is 1.03. The predicted octanol–water partition coefficient (Wildman–Crippen LogP) is 2.65. The highest BCUT2D eigenvalue weighted by Gasteiger charge is 2.22. The van der Waals surface area contributed by atoms with E-state index in [1.807, 2.05) is 12.1 Å². The third-order valence-corrected chi connectivity index (χ3v) is 3.46. The molecule has 1 unspecified atom stereocenters. The summed E-state index contributed by atoms with van der Waals surface area (Å²) in [5, 5.41) is 0. The maximum Gasteiger partial charge on any atom is 0.123 e. The Morgan fingerprint density at radius 2 is 1.89 bits per heavy atom. The molecule has 1 N–H and O–H groups in total. The van der Waals surface area contributed by atoms with Crippen molar-refractivity contribution in [3.63, 3.8) is 0 Å². The Kier molecular flexibility index (Phi) is 2.74. The summed E-state index contributed by atoms with van der Waals surface area (Å²) in [6, 6.07) is 12.5. The molecule has 1 atom stereocenters. The summed E-state index contributed by atoms with van der Waals surface area (Å²) in [5.41, 5.74) is 7.19. The fourth-order valence-corrected chi connectivity index (χ4v) is 2.48. The van der Waals surface area contributed by atoms with Gasteiger partial charge in [-0.25, -0.2) is 0 Å². The molecule has 1 aromatic heterocycles. The van der Waals surface area contributed by atoms with E-state index in [9.17, 15) is 0 Å². The topological polar surface area (TPSA) is 26.2 Å². The minimum Gasteiger partial charge on any atom is -0.488 e. The summed E-state index contributed by atoms with van der Waals surface area (Å²) in [6.07, 6.45) is 1.21. The number of ether oxygens (including phenoxy) is 1. The second-order valence-electron chi connectivity index (χ2n) is 4.87. The van der Waals surface area contributed by atoms with E-state index in [1.165, 1.54) is 17.0 Å². The van der Waals surface area contributed by atoms with Gasteiger partial charge in [-0.2, -0.15) is 0 Å². The predicted molar refractivity (Wildman–Crippen MR) is 72.7 cm³/mol. The summed E-state index contributed by atoms with van der Waals surface area (Å²) in [7, 11) is 0. The van der Waals surface area contributed by atoms with E-state index in [-0.39, 0.29) is 6.10 Å². The lowest BCUT2D eigenvalue weighted by Crippen LogP contribution is -2.30. The van der Waals surface area contributed by atoms with Crippen LogP contribution in [0.15, 0.2) is 36.4 Å². The Bertz CT molecular complexity index is 515. The molecule has 1 aliphatic heterocycles. The molecule has 3 nitrogen and oxygen atoms in total. The molecule has 3 heteroatoms. The third kappa shape index (κ3) is 1.96. The summed E-state index contributed by atoms with van der Waals surface area (Å²) < 4.78 is 8.03. The molecule has 94 valence electrons. The lowest BCUT2D eigenvalue weighted by Gasteiger charge is -2.16. The van der Waals surface area contributed by atoms with Gasteiger partial charge in [-0.05, 0) is 37.6 Å². The van der Waals surface area contributed by atoms with Crippen molar-refractivity contribution >= 4 is 0 Å². The second kappa shape index (κ2) is 4.41. The van der Waals surface area contributed by atoms with Crippen molar-refractivity contribution in [3.05, 3.63) is 53.3 Å². The standard InChI is InChI=1S/C15H18N2O/c1-11-7-8-12(2)17(11)16-10-14-9-13-5-3-4-6-15(13)18-14/h3-8,14,16H,9-10H2,1-2H3. The molecule has 3 rings (SSSR count). The zero-order valence-electron chi connectivity index (χ0n) is 10.8. The highest BCUT2D eigenvalue weighted by atomic mass is 16.5. The average Bonchev–Trinajstić information content (AvgIpc) is 2.91. The molecule has 2 aromatic rings. The first-order valence-corrected chi connectivity index (χ1v) is 6.37. The van der Waals surface area contributed by atoms with E-state index in [4.69, 9.17) is 4.74 Å². The Balaban J connectivity index is 1.64. The van der Waals surface area contributed by atoms with Crippen molar-refractivity contribution in [3.8, 4) is 5.75 Å². The Morgan fingerprint density at radius 3 is 2.61 bits per heavy atom. The Labute approximate surface area is 107 Å². The largest absolute Gasteiger partial charge is 0.488 e. The molecular weight excluding hydrogens is 224 g/mol. The van der Waals surface area contributed by atoms with Crippen molar-refractivity contribution in [2.45, 2.75) is 26.4 Å². The van der Waals surface area contributed by atoms with Crippen LogP contribution in [0.3, 0.4) is 0 Å². The molecule has 0 saturated carbocycles. The quantitative estimate of drug-likeness (QED) is 0.895. The van der Waals surface area contributed by atoms with Crippen LogP contribution in [0.2, 0.25) is 0 Å². The van der Waals surface area contributed by atoms with E-state index in [1.54, 1.807) is 0 Å². The van der Waals surface area contributed by atoms with Crippen molar-refractivity contribution in [1.82, 2.24) is 4.68 Å². The van der Waals surface area contributed by atoms with Crippen LogP contribution in [0, 0.1) is 13.8 Å². The molecule has 0 aliphatic carbocycles. The van der Waals surface area contributed by atoms with Gasteiger partial charge >= 0.3 is 0 Å². The van der Waals surface area contributed by atoms with Crippen LogP contribution in [0.4, 0.5) is 0 Å². The molecule has 0 fully saturated rings. The summed E-state index contributed by atoms with van der Waals surface area (Å²) in [4.78, 5) is 0. The normalized spacial score (nSPS) is 17.3. The number of aryl methyl sites for hydroxylation is 2. The van der Waals surface area contributed by atoms with Crippen molar-refractivity contribution < 1.29 is 4.74 Å². The Hall–Kier alpha value is -1.90.